The van der Waals surface area contributed by atoms with Crippen LogP contribution in [-0.4, -0.2) is 37.3 Å². The topological polar surface area (TPSA) is 47.9 Å². The van der Waals surface area contributed by atoms with Gasteiger partial charge >= 0.3 is 0 Å². The lowest BCUT2D eigenvalue weighted by Crippen LogP contribution is -2.52. The van der Waals surface area contributed by atoms with E-state index in [1.807, 2.05) is 0 Å². The van der Waals surface area contributed by atoms with Crippen molar-refractivity contribution in [3.63, 3.8) is 0 Å². The minimum atomic E-state index is -0.409. The van der Waals surface area contributed by atoms with E-state index in [4.69, 9.17) is 14.2 Å². The average molecular weight is 467 g/mol. The van der Waals surface area contributed by atoms with E-state index in [2.05, 4.69) is 45.0 Å². The Hall–Kier alpha value is -1.36. The van der Waals surface area contributed by atoms with Crippen LogP contribution in [0.1, 0.15) is 83.6 Å². The first kappa shape index (κ1) is 23.1. The Bertz CT molecular complexity index is 970. The Morgan fingerprint density at radius 1 is 1.00 bits per heavy atom. The van der Waals surface area contributed by atoms with E-state index < -0.39 is 5.79 Å². The van der Waals surface area contributed by atoms with Crippen molar-refractivity contribution in [1.82, 2.24) is 0 Å². The summed E-state index contributed by atoms with van der Waals surface area (Å²) in [6.45, 7) is 8.39. The highest BCUT2D eigenvalue weighted by molar-refractivity contribution is 5.41. The van der Waals surface area contributed by atoms with Crippen molar-refractivity contribution in [3.05, 3.63) is 41.0 Å². The van der Waals surface area contributed by atoms with Crippen LogP contribution in [0.15, 0.2) is 35.4 Å². The lowest BCUT2D eigenvalue weighted by atomic mass is 9.49. The number of hydrogen-bond donors (Lipinski definition) is 1. The third-order valence-electron chi connectivity index (χ3n) is 10.3. The fourth-order valence-corrected chi connectivity index (χ4v) is 8.55. The summed E-state index contributed by atoms with van der Waals surface area (Å²) < 4.78 is 18.8. The van der Waals surface area contributed by atoms with Crippen LogP contribution in [0.2, 0.25) is 0 Å². The second-order valence-corrected chi connectivity index (χ2v) is 12.9. The zero-order valence-corrected chi connectivity index (χ0v) is 21.4. The van der Waals surface area contributed by atoms with E-state index in [1.165, 1.54) is 18.4 Å². The number of allylic oxidation sites excluding steroid dienone is 1. The summed E-state index contributed by atoms with van der Waals surface area (Å²) in [4.78, 5) is 0. The van der Waals surface area contributed by atoms with Crippen LogP contribution >= 0.6 is 0 Å². The van der Waals surface area contributed by atoms with Gasteiger partial charge in [0.15, 0.2) is 5.79 Å². The van der Waals surface area contributed by atoms with Crippen LogP contribution in [0.25, 0.3) is 0 Å². The van der Waals surface area contributed by atoms with Crippen LogP contribution < -0.4 is 4.74 Å². The van der Waals surface area contributed by atoms with E-state index in [-0.39, 0.29) is 16.9 Å². The molecule has 6 rings (SSSR count). The first-order valence-corrected chi connectivity index (χ1v) is 13.5. The number of aliphatic hydroxyl groups excluding tert-OH is 1. The van der Waals surface area contributed by atoms with Crippen molar-refractivity contribution in [2.45, 2.75) is 89.9 Å². The molecule has 5 aliphatic rings. The summed E-state index contributed by atoms with van der Waals surface area (Å²) in [5.74, 6) is 2.79. The average Bonchev–Trinajstić information content (AvgIpc) is 3.14. The van der Waals surface area contributed by atoms with Gasteiger partial charge in [-0.25, -0.2) is 0 Å². The molecular weight excluding hydrogens is 424 g/mol. The molecule has 0 bridgehead atoms. The number of para-hydroxylation sites is 1. The normalized spacial score (nSPS) is 40.4. The van der Waals surface area contributed by atoms with Crippen molar-refractivity contribution < 1.29 is 19.3 Å². The Morgan fingerprint density at radius 2 is 1.76 bits per heavy atom. The molecule has 2 saturated carbocycles. The highest BCUT2D eigenvalue weighted by Crippen LogP contribution is 2.66. The largest absolute Gasteiger partial charge is 0.496 e. The van der Waals surface area contributed by atoms with Gasteiger partial charge < -0.3 is 19.3 Å². The third kappa shape index (κ3) is 3.50. The summed E-state index contributed by atoms with van der Waals surface area (Å²) >= 11 is 0. The summed E-state index contributed by atoms with van der Waals surface area (Å²) in [5.41, 5.74) is 4.73. The van der Waals surface area contributed by atoms with Gasteiger partial charge in [-0.05, 0) is 79.2 Å². The van der Waals surface area contributed by atoms with Crippen LogP contribution in [0.3, 0.4) is 0 Å². The fourth-order valence-electron chi connectivity index (χ4n) is 8.55. The molecular formula is C30H42O4. The first-order valence-electron chi connectivity index (χ1n) is 13.5. The Labute approximate surface area is 205 Å². The maximum Gasteiger partial charge on any atom is 0.172 e. The molecule has 0 aromatic heterocycles. The Kier molecular flexibility index (Phi) is 5.48. The second kappa shape index (κ2) is 8.08. The lowest BCUT2D eigenvalue weighted by molar-refractivity contribution is -0.303. The SMILES string of the molecule is COc1ccccc1[C@H]1C[C@]2(C)[C@@H](O)CC[C@H]2[C@@H]2CCC3=C(CCC4(C3)OCC(C)(C)CO4)[C@H]21. The quantitative estimate of drug-likeness (QED) is 0.525. The maximum atomic E-state index is 11.1. The molecule has 4 nitrogen and oxygen atoms in total. The Balaban J connectivity index is 1.39. The summed E-state index contributed by atoms with van der Waals surface area (Å²) in [6, 6.07) is 8.63. The predicted octanol–water partition coefficient (Wildman–Crippen LogP) is 6.24. The number of fused-ring (bicyclic) bond motifs is 4. The van der Waals surface area contributed by atoms with Gasteiger partial charge in [-0.1, -0.05) is 50.1 Å². The van der Waals surface area contributed by atoms with Crippen LogP contribution in [0.4, 0.5) is 0 Å². The second-order valence-electron chi connectivity index (χ2n) is 12.9. The molecule has 6 atom stereocenters. The number of ether oxygens (including phenoxy) is 3. The van der Waals surface area contributed by atoms with Gasteiger partial charge in [0.2, 0.25) is 0 Å². The highest BCUT2D eigenvalue weighted by Gasteiger charge is 2.59. The molecule has 0 unspecified atom stereocenters. The van der Waals surface area contributed by atoms with E-state index in [0.717, 1.165) is 57.5 Å². The monoisotopic (exact) mass is 466 g/mol. The van der Waals surface area contributed by atoms with Crippen LogP contribution in [0.5, 0.6) is 5.75 Å². The molecule has 3 fully saturated rings. The van der Waals surface area contributed by atoms with Gasteiger partial charge in [0.25, 0.3) is 0 Å². The molecule has 4 heteroatoms. The molecule has 1 N–H and O–H groups in total. The van der Waals surface area contributed by atoms with Crippen molar-refractivity contribution in [3.8, 4) is 5.75 Å². The van der Waals surface area contributed by atoms with Gasteiger partial charge in [-0.15, -0.1) is 0 Å². The number of benzene rings is 1. The van der Waals surface area contributed by atoms with Gasteiger partial charge in [0, 0.05) is 18.3 Å². The molecule has 1 aromatic rings. The standard InChI is InChI=1S/C30H42O4/c1-28(2)17-33-30(34-18-28)14-13-20-19(15-30)9-10-22-24-11-12-26(31)29(24,3)16-23(27(20)22)21-7-5-6-8-25(21)32-4/h5-8,22-24,26-27,31H,9-18H2,1-4H3/t22-,23+,24-,26-,27+,29-/m0/s1. The minimum absolute atomic E-state index is 0.00180. The van der Waals surface area contributed by atoms with Gasteiger partial charge in [-0.3, -0.25) is 0 Å². The molecule has 1 aliphatic heterocycles. The summed E-state index contributed by atoms with van der Waals surface area (Å²) in [7, 11) is 1.79. The smallest absolute Gasteiger partial charge is 0.172 e. The van der Waals surface area contributed by atoms with Gasteiger partial charge in [0.05, 0.1) is 26.4 Å². The molecule has 1 heterocycles. The van der Waals surface area contributed by atoms with Crippen molar-refractivity contribution in [2.24, 2.45) is 28.6 Å². The van der Waals surface area contributed by atoms with Crippen molar-refractivity contribution in [2.75, 3.05) is 20.3 Å². The maximum absolute atomic E-state index is 11.1. The zero-order valence-electron chi connectivity index (χ0n) is 21.4. The van der Waals surface area contributed by atoms with Crippen LogP contribution in [0, 0.1) is 28.6 Å². The fraction of sp³-hybridized carbons (Fsp3) is 0.733. The molecule has 1 aromatic carbocycles. The predicted molar refractivity (Wildman–Crippen MR) is 133 cm³/mol. The van der Waals surface area contributed by atoms with Gasteiger partial charge in [0.1, 0.15) is 5.75 Å². The summed E-state index contributed by atoms with van der Waals surface area (Å²) in [6.07, 6.45) is 8.35. The molecule has 4 aliphatic carbocycles. The van der Waals surface area contributed by atoms with E-state index >= 15 is 0 Å². The third-order valence-corrected chi connectivity index (χ3v) is 10.3. The van der Waals surface area contributed by atoms with E-state index in [1.54, 1.807) is 18.3 Å². The molecule has 186 valence electrons. The number of rotatable bonds is 2. The molecule has 1 spiro atoms. The number of hydrogen-bond acceptors (Lipinski definition) is 4. The van der Waals surface area contributed by atoms with E-state index in [0.29, 0.717) is 23.7 Å². The number of aliphatic hydroxyl groups is 1. The first-order chi connectivity index (χ1) is 16.3. The van der Waals surface area contributed by atoms with Crippen LogP contribution in [-0.2, 0) is 9.47 Å². The molecule has 0 radical (unpaired) electrons. The summed E-state index contributed by atoms with van der Waals surface area (Å²) in [5, 5.41) is 11.1. The minimum Gasteiger partial charge on any atom is -0.496 e. The lowest BCUT2D eigenvalue weighted by Gasteiger charge is -2.56. The molecule has 1 saturated heterocycles. The highest BCUT2D eigenvalue weighted by atomic mass is 16.7. The van der Waals surface area contributed by atoms with Crippen molar-refractivity contribution in [1.29, 1.82) is 0 Å². The van der Waals surface area contributed by atoms with Crippen molar-refractivity contribution >= 4 is 0 Å². The zero-order chi connectivity index (χ0) is 23.7. The Morgan fingerprint density at radius 3 is 2.53 bits per heavy atom. The molecule has 0 amide bonds. The van der Waals surface area contributed by atoms with Gasteiger partial charge in [-0.2, -0.15) is 0 Å². The molecule has 34 heavy (non-hydrogen) atoms. The number of methoxy groups -OCH3 is 1. The van der Waals surface area contributed by atoms with E-state index in [9.17, 15) is 5.11 Å².